The van der Waals surface area contributed by atoms with Crippen LogP contribution >= 0.6 is 0 Å². The first-order valence-corrected chi connectivity index (χ1v) is 10.4. The molecule has 1 aliphatic rings. The molecule has 4 aromatic rings. The minimum atomic E-state index is -0.311. The number of ether oxygens (including phenoxy) is 1. The van der Waals surface area contributed by atoms with Gasteiger partial charge in [0.1, 0.15) is 6.61 Å². The van der Waals surface area contributed by atoms with Gasteiger partial charge in [-0.2, -0.15) is 5.10 Å². The van der Waals surface area contributed by atoms with E-state index >= 15 is 0 Å². The molecule has 5 rings (SSSR count). The van der Waals surface area contributed by atoms with Crippen molar-refractivity contribution in [3.8, 4) is 0 Å². The van der Waals surface area contributed by atoms with E-state index in [0.717, 1.165) is 27.8 Å². The second kappa shape index (κ2) is 7.86. The summed E-state index contributed by atoms with van der Waals surface area (Å²) in [4.78, 5) is 31.6. The summed E-state index contributed by atoms with van der Waals surface area (Å²) in [5.74, 6) is 0. The van der Waals surface area contributed by atoms with Crippen LogP contribution in [-0.2, 0) is 11.3 Å². The number of hydrogen-bond acceptors (Lipinski definition) is 5. The Hall–Kier alpha value is -3.68. The minimum Gasteiger partial charge on any atom is -0.445 e. The number of carbonyl (C=O) groups is 1. The molecule has 1 saturated heterocycles. The molecule has 0 spiro atoms. The number of amides is 1. The van der Waals surface area contributed by atoms with Gasteiger partial charge in [-0.05, 0) is 25.3 Å². The van der Waals surface area contributed by atoms with Crippen LogP contribution in [0.2, 0.25) is 0 Å². The molecular weight excluding hydrogens is 394 g/mol. The fourth-order valence-corrected chi connectivity index (χ4v) is 4.21. The van der Waals surface area contributed by atoms with Gasteiger partial charge in [-0.1, -0.05) is 30.3 Å². The predicted octanol–water partition coefficient (Wildman–Crippen LogP) is 3.33. The first kappa shape index (κ1) is 19.3. The van der Waals surface area contributed by atoms with Gasteiger partial charge in [0, 0.05) is 42.8 Å². The van der Waals surface area contributed by atoms with Gasteiger partial charge in [-0.25, -0.2) is 14.3 Å². The van der Waals surface area contributed by atoms with E-state index < -0.39 is 0 Å². The van der Waals surface area contributed by atoms with Crippen molar-refractivity contribution in [3.63, 3.8) is 0 Å². The first-order chi connectivity index (χ1) is 15.1. The van der Waals surface area contributed by atoms with Gasteiger partial charge < -0.3 is 14.2 Å². The van der Waals surface area contributed by atoms with Gasteiger partial charge in [0.2, 0.25) is 0 Å². The van der Waals surface area contributed by atoms with Crippen molar-refractivity contribution < 1.29 is 9.53 Å². The van der Waals surface area contributed by atoms with Gasteiger partial charge >= 0.3 is 6.09 Å². The molecule has 8 heteroatoms. The molecule has 0 bridgehead atoms. The van der Waals surface area contributed by atoms with Gasteiger partial charge in [0.25, 0.3) is 5.56 Å². The number of rotatable bonds is 3. The monoisotopic (exact) mass is 417 g/mol. The zero-order valence-corrected chi connectivity index (χ0v) is 17.3. The molecular formula is C23H23N5O3. The maximum absolute atomic E-state index is 12.9. The molecule has 4 heterocycles. The standard InChI is InChI=1S/C23H23N5O3/c1-16-19-14-27(22(29)13-20(19)28-21(25-16)7-10-24-28)18-8-11-26(12-9-18)23(30)31-15-17-5-3-2-4-6-17/h2-7,10,13-14,18H,8-9,11-12,15H2,1H3. The Labute approximate surface area is 178 Å². The van der Waals surface area contributed by atoms with Crippen LogP contribution in [0.15, 0.2) is 59.7 Å². The van der Waals surface area contributed by atoms with Crippen LogP contribution in [0.5, 0.6) is 0 Å². The Balaban J connectivity index is 1.30. The quantitative estimate of drug-likeness (QED) is 0.511. The molecule has 1 amide bonds. The molecule has 8 nitrogen and oxygen atoms in total. The van der Waals surface area contributed by atoms with Crippen molar-refractivity contribution in [1.82, 2.24) is 24.1 Å². The number of carbonyl (C=O) groups excluding carboxylic acids is 1. The topological polar surface area (TPSA) is 81.7 Å². The number of fused-ring (bicyclic) bond motifs is 3. The average Bonchev–Trinajstić information content (AvgIpc) is 3.27. The number of hydrogen-bond donors (Lipinski definition) is 0. The summed E-state index contributed by atoms with van der Waals surface area (Å²) in [5, 5.41) is 5.19. The third-order valence-electron chi connectivity index (χ3n) is 5.90. The molecule has 3 aromatic heterocycles. The van der Waals surface area contributed by atoms with Crippen LogP contribution in [0.4, 0.5) is 4.79 Å². The largest absolute Gasteiger partial charge is 0.445 e. The lowest BCUT2D eigenvalue weighted by molar-refractivity contribution is 0.0829. The fourth-order valence-electron chi connectivity index (χ4n) is 4.21. The summed E-state index contributed by atoms with van der Waals surface area (Å²) in [6.07, 6.45) is 4.65. The molecule has 1 aromatic carbocycles. The van der Waals surface area contributed by atoms with E-state index in [1.807, 2.05) is 49.5 Å². The lowest BCUT2D eigenvalue weighted by Crippen LogP contribution is -2.41. The summed E-state index contributed by atoms with van der Waals surface area (Å²) >= 11 is 0. The SMILES string of the molecule is Cc1nc2ccnn2c2cc(=O)n(C3CCN(C(=O)OCc4ccccc4)CC3)cc12. The van der Waals surface area contributed by atoms with Crippen LogP contribution in [-0.4, -0.2) is 43.2 Å². The molecule has 0 aliphatic carbocycles. The van der Waals surface area contributed by atoms with Crippen LogP contribution in [0.1, 0.15) is 30.1 Å². The number of nitrogens with zero attached hydrogens (tertiary/aromatic N) is 5. The fraction of sp³-hybridized carbons (Fsp3) is 0.304. The Morgan fingerprint density at radius 1 is 1.16 bits per heavy atom. The van der Waals surface area contributed by atoms with Gasteiger partial charge in [-0.3, -0.25) is 4.79 Å². The van der Waals surface area contributed by atoms with Crippen molar-refractivity contribution in [3.05, 3.63) is 76.5 Å². The predicted molar refractivity (Wildman–Crippen MR) is 116 cm³/mol. The van der Waals surface area contributed by atoms with Crippen LogP contribution in [0.25, 0.3) is 16.6 Å². The average molecular weight is 417 g/mol. The zero-order chi connectivity index (χ0) is 21.4. The highest BCUT2D eigenvalue weighted by molar-refractivity contribution is 5.82. The number of pyridine rings is 1. The van der Waals surface area contributed by atoms with E-state index in [9.17, 15) is 9.59 Å². The lowest BCUT2D eigenvalue weighted by atomic mass is 10.0. The molecule has 31 heavy (non-hydrogen) atoms. The number of aromatic nitrogens is 4. The summed E-state index contributed by atoms with van der Waals surface area (Å²) in [6.45, 7) is 3.31. The van der Waals surface area contributed by atoms with E-state index in [2.05, 4.69) is 10.1 Å². The Kier molecular flexibility index (Phi) is 4.89. The highest BCUT2D eigenvalue weighted by Crippen LogP contribution is 2.24. The van der Waals surface area contributed by atoms with Crippen LogP contribution in [0.3, 0.4) is 0 Å². The molecule has 158 valence electrons. The van der Waals surface area contributed by atoms with Crippen molar-refractivity contribution >= 4 is 22.6 Å². The van der Waals surface area contributed by atoms with Gasteiger partial charge in [-0.15, -0.1) is 0 Å². The number of benzene rings is 1. The molecule has 0 saturated carbocycles. The van der Waals surface area contributed by atoms with E-state index in [1.165, 1.54) is 0 Å². The Bertz CT molecular complexity index is 1300. The van der Waals surface area contributed by atoms with E-state index in [0.29, 0.717) is 25.9 Å². The van der Waals surface area contributed by atoms with E-state index in [4.69, 9.17) is 4.74 Å². The summed E-state index contributed by atoms with van der Waals surface area (Å²) in [5.41, 5.74) is 3.24. The summed E-state index contributed by atoms with van der Waals surface area (Å²) in [6, 6.07) is 13.1. The third-order valence-corrected chi connectivity index (χ3v) is 5.90. The number of aryl methyl sites for hydroxylation is 1. The number of likely N-dealkylation sites (tertiary alicyclic amines) is 1. The molecule has 1 fully saturated rings. The second-order valence-corrected chi connectivity index (χ2v) is 7.87. The molecule has 0 N–H and O–H groups in total. The minimum absolute atomic E-state index is 0.0304. The smallest absolute Gasteiger partial charge is 0.410 e. The normalized spacial score (nSPS) is 14.9. The molecule has 0 unspecified atom stereocenters. The first-order valence-electron chi connectivity index (χ1n) is 10.4. The molecule has 0 atom stereocenters. The zero-order valence-electron chi connectivity index (χ0n) is 17.3. The van der Waals surface area contributed by atoms with E-state index in [1.54, 1.807) is 26.2 Å². The van der Waals surface area contributed by atoms with E-state index in [-0.39, 0.29) is 24.3 Å². The summed E-state index contributed by atoms with van der Waals surface area (Å²) < 4.78 is 8.91. The van der Waals surface area contributed by atoms with Crippen molar-refractivity contribution in [1.29, 1.82) is 0 Å². The van der Waals surface area contributed by atoms with Crippen molar-refractivity contribution in [2.24, 2.45) is 0 Å². The Morgan fingerprint density at radius 2 is 1.94 bits per heavy atom. The number of piperidine rings is 1. The Morgan fingerprint density at radius 3 is 2.71 bits per heavy atom. The van der Waals surface area contributed by atoms with Gasteiger partial charge in [0.05, 0.1) is 17.4 Å². The van der Waals surface area contributed by atoms with Crippen LogP contribution < -0.4 is 5.56 Å². The maximum Gasteiger partial charge on any atom is 0.410 e. The molecule has 0 radical (unpaired) electrons. The summed E-state index contributed by atoms with van der Waals surface area (Å²) in [7, 11) is 0. The van der Waals surface area contributed by atoms with Crippen molar-refractivity contribution in [2.75, 3.05) is 13.1 Å². The second-order valence-electron chi connectivity index (χ2n) is 7.87. The highest BCUT2D eigenvalue weighted by Gasteiger charge is 2.25. The highest BCUT2D eigenvalue weighted by atomic mass is 16.6. The third kappa shape index (κ3) is 3.65. The lowest BCUT2D eigenvalue weighted by Gasteiger charge is -2.32. The molecule has 1 aliphatic heterocycles. The van der Waals surface area contributed by atoms with Gasteiger partial charge in [0.15, 0.2) is 5.65 Å². The van der Waals surface area contributed by atoms with Crippen molar-refractivity contribution in [2.45, 2.75) is 32.4 Å². The van der Waals surface area contributed by atoms with Crippen LogP contribution in [0, 0.1) is 6.92 Å². The maximum atomic E-state index is 12.9.